The summed E-state index contributed by atoms with van der Waals surface area (Å²) in [6.07, 6.45) is 0. The van der Waals surface area contributed by atoms with Gasteiger partial charge in [0.05, 0.1) is 6.61 Å². The first-order chi connectivity index (χ1) is 9.56. The van der Waals surface area contributed by atoms with Crippen LogP contribution < -0.4 is 5.90 Å². The molecule has 0 fully saturated rings. The van der Waals surface area contributed by atoms with E-state index in [1.807, 2.05) is 60.7 Å². The summed E-state index contributed by atoms with van der Waals surface area (Å²) in [5.74, 6) is 4.86. The van der Waals surface area contributed by atoms with E-state index in [0.29, 0.717) is 6.61 Å². The Morgan fingerprint density at radius 2 is 1.30 bits per heavy atom. The highest BCUT2D eigenvalue weighted by molar-refractivity contribution is 9.10. The van der Waals surface area contributed by atoms with Gasteiger partial charge in [-0.05, 0) is 17.7 Å². The molecule has 2 rings (SSSR count). The molecule has 0 saturated heterocycles. The van der Waals surface area contributed by atoms with Crippen LogP contribution in [0, 0.1) is 0 Å². The average Bonchev–Trinajstić information content (AvgIpc) is 2.41. The molecule has 0 bridgehead atoms. The van der Waals surface area contributed by atoms with Gasteiger partial charge >= 0.3 is 10.6 Å². The molecule has 20 heavy (non-hydrogen) atoms. The fourth-order valence-electron chi connectivity index (χ4n) is 1.09. The van der Waals surface area contributed by atoms with Gasteiger partial charge < -0.3 is 0 Å². The minimum absolute atomic E-state index is 0.487. The fourth-order valence-corrected chi connectivity index (χ4v) is 1.39. The molecule has 0 spiro atoms. The predicted molar refractivity (Wildman–Crippen MR) is 79.3 cm³/mol. The second-order valence-corrected chi connectivity index (χ2v) is 4.62. The summed E-state index contributed by atoms with van der Waals surface area (Å²) >= 11 is 3.31. The molecular formula is C13H14BrNO4S. The minimum Gasteiger partial charge on any atom is -0.300 e. The average molecular weight is 360 g/mol. The second-order valence-electron chi connectivity index (χ2n) is 3.30. The lowest BCUT2D eigenvalue weighted by atomic mass is 10.2. The summed E-state index contributed by atoms with van der Waals surface area (Å²) in [5.41, 5.74) is 1.10. The van der Waals surface area contributed by atoms with Crippen molar-refractivity contribution in [1.29, 1.82) is 0 Å². The predicted octanol–water partition coefficient (Wildman–Crippen LogP) is 2.52. The summed E-state index contributed by atoms with van der Waals surface area (Å²) < 4.78 is 26.5. The zero-order valence-corrected chi connectivity index (χ0v) is 12.9. The lowest BCUT2D eigenvalue weighted by Gasteiger charge is -1.94. The van der Waals surface area contributed by atoms with Crippen molar-refractivity contribution in [2.24, 2.45) is 5.90 Å². The summed E-state index contributed by atoms with van der Waals surface area (Å²) in [6.45, 7) is 0.487. The van der Waals surface area contributed by atoms with Gasteiger partial charge in [0.15, 0.2) is 0 Å². The molecule has 0 heterocycles. The number of hydrogen-bond donors (Lipinski definition) is 1. The molecule has 0 radical (unpaired) electrons. The molecule has 0 aromatic heterocycles. The number of rotatable bonds is 2. The maximum atomic E-state index is 8.44. The molecule has 0 aliphatic rings. The van der Waals surface area contributed by atoms with Crippen LogP contribution in [0.5, 0.6) is 0 Å². The molecule has 108 valence electrons. The van der Waals surface area contributed by atoms with Crippen LogP contribution in [-0.4, -0.2) is 12.6 Å². The van der Waals surface area contributed by atoms with Gasteiger partial charge in [-0.25, -0.2) is 5.90 Å². The van der Waals surface area contributed by atoms with E-state index in [9.17, 15) is 0 Å². The van der Waals surface area contributed by atoms with Crippen molar-refractivity contribution in [1.82, 2.24) is 0 Å². The monoisotopic (exact) mass is 359 g/mol. The molecule has 0 aliphatic carbocycles. The molecule has 0 atom stereocenters. The van der Waals surface area contributed by atoms with Gasteiger partial charge in [0, 0.05) is 4.47 Å². The Kier molecular flexibility index (Phi) is 11.5. The van der Waals surface area contributed by atoms with Gasteiger partial charge in [0.25, 0.3) is 0 Å². The van der Waals surface area contributed by atoms with Crippen molar-refractivity contribution >= 4 is 26.5 Å². The standard InChI is InChI=1S/C7H9NO.C6H5Br.O3S/c8-9-6-7-4-2-1-3-5-7;7-6-4-2-1-3-5-6;1-4(2)3/h1-5H,6,8H2;1-5H;. The highest BCUT2D eigenvalue weighted by Crippen LogP contribution is 2.05. The first kappa shape index (κ1) is 18.5. The number of halogens is 1. The van der Waals surface area contributed by atoms with Gasteiger partial charge in [0.2, 0.25) is 0 Å². The van der Waals surface area contributed by atoms with Crippen molar-refractivity contribution in [3.8, 4) is 0 Å². The van der Waals surface area contributed by atoms with Crippen LogP contribution in [-0.2, 0) is 22.1 Å². The summed E-state index contributed by atoms with van der Waals surface area (Å²) in [4.78, 5) is 4.43. The molecule has 7 heteroatoms. The Labute approximate surface area is 127 Å². The van der Waals surface area contributed by atoms with Gasteiger partial charge in [-0.15, -0.1) is 12.6 Å². The van der Waals surface area contributed by atoms with Crippen molar-refractivity contribution in [2.75, 3.05) is 0 Å². The largest absolute Gasteiger partial charge is 0.425 e. The SMILES string of the molecule is Brc1ccccc1.NOCc1ccccc1.O=S(=O)=O. The van der Waals surface area contributed by atoms with E-state index >= 15 is 0 Å². The number of nitrogens with two attached hydrogens (primary N) is 1. The van der Waals surface area contributed by atoms with E-state index in [1.54, 1.807) is 0 Å². The maximum absolute atomic E-state index is 8.44. The van der Waals surface area contributed by atoms with Crippen molar-refractivity contribution in [3.05, 3.63) is 70.7 Å². The molecule has 0 unspecified atom stereocenters. The minimum atomic E-state index is -3.11. The van der Waals surface area contributed by atoms with Gasteiger partial charge in [-0.2, -0.15) is 0 Å². The van der Waals surface area contributed by atoms with E-state index in [0.717, 1.165) is 10.0 Å². The van der Waals surface area contributed by atoms with Crippen LogP contribution in [0.1, 0.15) is 5.56 Å². The summed E-state index contributed by atoms with van der Waals surface area (Å²) in [5, 5.41) is 0. The Hall–Kier alpha value is -1.54. The van der Waals surface area contributed by atoms with Crippen molar-refractivity contribution < 1.29 is 17.5 Å². The normalized spacial score (nSPS) is 8.50. The molecule has 5 nitrogen and oxygen atoms in total. The Morgan fingerprint density at radius 3 is 1.60 bits per heavy atom. The maximum Gasteiger partial charge on any atom is 0.425 e. The number of benzene rings is 2. The molecule has 0 aliphatic heterocycles. The summed E-state index contributed by atoms with van der Waals surface area (Å²) in [7, 11) is -3.11. The quantitative estimate of drug-likeness (QED) is 0.832. The van der Waals surface area contributed by atoms with Crippen molar-refractivity contribution in [3.63, 3.8) is 0 Å². The highest BCUT2D eigenvalue weighted by atomic mass is 79.9. The molecule has 2 aromatic carbocycles. The van der Waals surface area contributed by atoms with E-state index in [2.05, 4.69) is 20.8 Å². The van der Waals surface area contributed by atoms with Crippen LogP contribution in [0.2, 0.25) is 0 Å². The number of hydrogen-bond acceptors (Lipinski definition) is 5. The smallest absolute Gasteiger partial charge is 0.300 e. The summed E-state index contributed by atoms with van der Waals surface area (Å²) in [6, 6.07) is 19.8. The third-order valence-electron chi connectivity index (χ3n) is 1.83. The molecule has 0 saturated carbocycles. The lowest BCUT2D eigenvalue weighted by molar-refractivity contribution is 0.124. The van der Waals surface area contributed by atoms with E-state index < -0.39 is 10.6 Å². The van der Waals surface area contributed by atoms with Crippen molar-refractivity contribution in [2.45, 2.75) is 6.61 Å². The zero-order valence-electron chi connectivity index (χ0n) is 10.5. The van der Waals surface area contributed by atoms with Crippen LogP contribution in [0.15, 0.2) is 65.1 Å². The molecule has 2 N–H and O–H groups in total. The van der Waals surface area contributed by atoms with Gasteiger partial charge in [0.1, 0.15) is 0 Å². The molecule has 0 amide bonds. The Morgan fingerprint density at radius 1 is 0.900 bits per heavy atom. The van der Waals surface area contributed by atoms with E-state index in [-0.39, 0.29) is 0 Å². The highest BCUT2D eigenvalue weighted by Gasteiger charge is 1.85. The van der Waals surface area contributed by atoms with Crippen LogP contribution in [0.25, 0.3) is 0 Å². The third kappa shape index (κ3) is 12.9. The van der Waals surface area contributed by atoms with Crippen LogP contribution in [0.4, 0.5) is 0 Å². The fraction of sp³-hybridized carbons (Fsp3) is 0.0769. The van der Waals surface area contributed by atoms with E-state index in [1.165, 1.54) is 0 Å². The lowest BCUT2D eigenvalue weighted by Crippen LogP contribution is -1.97. The van der Waals surface area contributed by atoms with E-state index in [4.69, 9.17) is 18.5 Å². The van der Waals surface area contributed by atoms with Crippen LogP contribution >= 0.6 is 15.9 Å². The van der Waals surface area contributed by atoms with Gasteiger partial charge in [-0.3, -0.25) is 4.84 Å². The Bertz CT molecular complexity index is 554. The Balaban J connectivity index is 0.000000293. The van der Waals surface area contributed by atoms with Gasteiger partial charge in [-0.1, -0.05) is 64.5 Å². The first-order valence-electron chi connectivity index (χ1n) is 5.39. The zero-order chi connectivity index (χ0) is 15.2. The van der Waals surface area contributed by atoms with Crippen LogP contribution in [0.3, 0.4) is 0 Å². The topological polar surface area (TPSA) is 86.5 Å². The first-order valence-corrected chi connectivity index (χ1v) is 7.18. The second kappa shape index (κ2) is 12.5. The molecular weight excluding hydrogens is 346 g/mol. The third-order valence-corrected chi connectivity index (χ3v) is 2.35. The molecule has 2 aromatic rings.